The van der Waals surface area contributed by atoms with Crippen molar-refractivity contribution in [3.8, 4) is 0 Å². The summed E-state index contributed by atoms with van der Waals surface area (Å²) in [5.41, 5.74) is 6.18. The van der Waals surface area contributed by atoms with E-state index in [2.05, 4.69) is 10.1 Å². The standard InChI is InChI=1S/C12H17N3OS/c13-12(15-16)11-10(6-3-7-14-11)17-8-9-4-1-2-5-9/h3,6-7,9,16H,1-2,4-5,8H2,(H2,13,15). The van der Waals surface area contributed by atoms with Gasteiger partial charge >= 0.3 is 0 Å². The van der Waals surface area contributed by atoms with E-state index in [0.717, 1.165) is 16.6 Å². The second-order valence-electron chi connectivity index (χ2n) is 4.30. The van der Waals surface area contributed by atoms with Crippen LogP contribution in [-0.2, 0) is 0 Å². The average Bonchev–Trinajstić information content (AvgIpc) is 2.89. The van der Waals surface area contributed by atoms with E-state index in [0.29, 0.717) is 5.69 Å². The predicted molar refractivity (Wildman–Crippen MR) is 69.4 cm³/mol. The van der Waals surface area contributed by atoms with Crippen molar-refractivity contribution in [2.45, 2.75) is 30.6 Å². The second-order valence-corrected chi connectivity index (χ2v) is 5.36. The summed E-state index contributed by atoms with van der Waals surface area (Å²) in [7, 11) is 0. The van der Waals surface area contributed by atoms with Crippen LogP contribution in [0, 0.1) is 5.92 Å². The number of amidine groups is 1. The quantitative estimate of drug-likeness (QED) is 0.283. The van der Waals surface area contributed by atoms with Gasteiger partial charge < -0.3 is 10.9 Å². The fourth-order valence-corrected chi connectivity index (χ4v) is 3.35. The SMILES string of the molecule is N/C(=N/O)c1ncccc1SCC1CCCC1. The lowest BCUT2D eigenvalue weighted by Gasteiger charge is -2.10. The largest absolute Gasteiger partial charge is 0.409 e. The van der Waals surface area contributed by atoms with Gasteiger partial charge in [-0.2, -0.15) is 0 Å². The van der Waals surface area contributed by atoms with Crippen molar-refractivity contribution < 1.29 is 5.21 Å². The average molecular weight is 251 g/mol. The van der Waals surface area contributed by atoms with Gasteiger partial charge in [-0.1, -0.05) is 18.0 Å². The Balaban J connectivity index is 2.04. The number of hydrogen-bond acceptors (Lipinski definition) is 4. The molecule has 4 nitrogen and oxygen atoms in total. The van der Waals surface area contributed by atoms with Gasteiger partial charge in [0.2, 0.25) is 0 Å². The van der Waals surface area contributed by atoms with Crippen molar-refractivity contribution in [3.63, 3.8) is 0 Å². The molecule has 17 heavy (non-hydrogen) atoms. The monoisotopic (exact) mass is 251 g/mol. The smallest absolute Gasteiger partial charge is 0.189 e. The Labute approximate surface area is 105 Å². The van der Waals surface area contributed by atoms with Gasteiger partial charge in [0.15, 0.2) is 5.84 Å². The molecule has 0 unspecified atom stereocenters. The van der Waals surface area contributed by atoms with E-state index < -0.39 is 0 Å². The highest BCUT2D eigenvalue weighted by molar-refractivity contribution is 7.99. The van der Waals surface area contributed by atoms with Crippen LogP contribution in [0.15, 0.2) is 28.4 Å². The van der Waals surface area contributed by atoms with Crippen LogP contribution in [0.2, 0.25) is 0 Å². The first kappa shape index (κ1) is 12.2. The Hall–Kier alpha value is -1.23. The Morgan fingerprint density at radius 2 is 2.29 bits per heavy atom. The molecule has 92 valence electrons. The highest BCUT2D eigenvalue weighted by atomic mass is 32.2. The molecule has 0 amide bonds. The van der Waals surface area contributed by atoms with Gasteiger partial charge in [0.05, 0.1) is 0 Å². The highest BCUT2D eigenvalue weighted by Gasteiger charge is 2.16. The molecule has 1 fully saturated rings. The number of aromatic nitrogens is 1. The molecule has 0 atom stereocenters. The summed E-state index contributed by atoms with van der Waals surface area (Å²) in [6.07, 6.45) is 7.02. The minimum atomic E-state index is 0.0829. The van der Waals surface area contributed by atoms with Crippen molar-refractivity contribution in [3.05, 3.63) is 24.0 Å². The maximum Gasteiger partial charge on any atom is 0.189 e. The number of pyridine rings is 1. The molecule has 0 aromatic carbocycles. The molecule has 1 aromatic rings. The lowest BCUT2D eigenvalue weighted by Crippen LogP contribution is -2.16. The molecular formula is C12H17N3OS. The number of oxime groups is 1. The molecule has 0 aliphatic heterocycles. The van der Waals surface area contributed by atoms with Gasteiger partial charge in [-0.15, -0.1) is 11.8 Å². The van der Waals surface area contributed by atoms with Crippen molar-refractivity contribution in [1.29, 1.82) is 0 Å². The Morgan fingerprint density at radius 1 is 1.53 bits per heavy atom. The maximum atomic E-state index is 8.71. The van der Waals surface area contributed by atoms with Crippen molar-refractivity contribution >= 4 is 17.6 Å². The zero-order valence-electron chi connectivity index (χ0n) is 9.67. The number of rotatable bonds is 4. The third kappa shape index (κ3) is 3.12. The first-order valence-corrected chi connectivity index (χ1v) is 6.85. The number of nitrogens with two attached hydrogens (primary N) is 1. The minimum Gasteiger partial charge on any atom is -0.409 e. The van der Waals surface area contributed by atoms with Gasteiger partial charge in [-0.3, -0.25) is 4.98 Å². The van der Waals surface area contributed by atoms with Crippen LogP contribution < -0.4 is 5.73 Å². The van der Waals surface area contributed by atoms with Crippen LogP contribution in [0.1, 0.15) is 31.4 Å². The van der Waals surface area contributed by atoms with Crippen molar-refractivity contribution in [2.24, 2.45) is 16.8 Å². The molecule has 0 bridgehead atoms. The molecular weight excluding hydrogens is 234 g/mol. The molecule has 2 rings (SSSR count). The van der Waals surface area contributed by atoms with Crippen molar-refractivity contribution in [2.75, 3.05) is 5.75 Å². The van der Waals surface area contributed by atoms with Crippen LogP contribution >= 0.6 is 11.8 Å². The molecule has 1 heterocycles. The van der Waals surface area contributed by atoms with Gasteiger partial charge in [0.25, 0.3) is 0 Å². The molecule has 1 aliphatic carbocycles. The van der Waals surface area contributed by atoms with E-state index in [1.807, 2.05) is 12.1 Å². The lowest BCUT2D eigenvalue weighted by molar-refractivity contribution is 0.318. The predicted octanol–water partition coefficient (Wildman–Crippen LogP) is 2.46. The molecule has 0 spiro atoms. The zero-order chi connectivity index (χ0) is 12.1. The van der Waals surface area contributed by atoms with Crippen LogP contribution in [0.4, 0.5) is 0 Å². The summed E-state index contributed by atoms with van der Waals surface area (Å²) in [6, 6.07) is 3.85. The first-order valence-electron chi connectivity index (χ1n) is 5.87. The molecule has 3 N–H and O–H groups in total. The highest BCUT2D eigenvalue weighted by Crippen LogP contribution is 2.31. The van der Waals surface area contributed by atoms with E-state index in [1.165, 1.54) is 25.7 Å². The van der Waals surface area contributed by atoms with E-state index in [1.54, 1.807) is 18.0 Å². The van der Waals surface area contributed by atoms with Crippen LogP contribution in [0.25, 0.3) is 0 Å². The fraction of sp³-hybridized carbons (Fsp3) is 0.500. The molecule has 1 aliphatic rings. The maximum absolute atomic E-state index is 8.71. The normalized spacial score (nSPS) is 17.5. The van der Waals surface area contributed by atoms with Crippen LogP contribution in [-0.4, -0.2) is 21.8 Å². The Morgan fingerprint density at radius 3 is 3.00 bits per heavy atom. The third-order valence-electron chi connectivity index (χ3n) is 3.07. The summed E-state index contributed by atoms with van der Waals surface area (Å²) in [5.74, 6) is 1.98. The minimum absolute atomic E-state index is 0.0829. The van der Waals surface area contributed by atoms with Gasteiger partial charge in [0, 0.05) is 16.8 Å². The van der Waals surface area contributed by atoms with Gasteiger partial charge in [-0.25, -0.2) is 0 Å². The fourth-order valence-electron chi connectivity index (χ4n) is 2.13. The van der Waals surface area contributed by atoms with Gasteiger partial charge in [-0.05, 0) is 30.9 Å². The van der Waals surface area contributed by atoms with E-state index in [-0.39, 0.29) is 5.84 Å². The molecule has 1 aromatic heterocycles. The Kier molecular flexibility index (Phi) is 4.25. The number of thioether (sulfide) groups is 1. The summed E-state index contributed by atoms with van der Waals surface area (Å²) >= 11 is 1.75. The summed E-state index contributed by atoms with van der Waals surface area (Å²) in [5, 5.41) is 11.7. The van der Waals surface area contributed by atoms with Crippen LogP contribution in [0.5, 0.6) is 0 Å². The number of nitrogens with zero attached hydrogens (tertiary/aromatic N) is 2. The topological polar surface area (TPSA) is 71.5 Å². The third-order valence-corrected chi connectivity index (χ3v) is 4.35. The summed E-state index contributed by atoms with van der Waals surface area (Å²) < 4.78 is 0. The molecule has 0 saturated heterocycles. The molecule has 0 radical (unpaired) electrons. The van der Waals surface area contributed by atoms with Crippen molar-refractivity contribution in [1.82, 2.24) is 4.98 Å². The summed E-state index contributed by atoms with van der Waals surface area (Å²) in [6.45, 7) is 0. The first-order chi connectivity index (χ1) is 8.31. The summed E-state index contributed by atoms with van der Waals surface area (Å²) in [4.78, 5) is 5.15. The second kappa shape index (κ2) is 5.91. The van der Waals surface area contributed by atoms with E-state index in [9.17, 15) is 0 Å². The Bertz CT molecular complexity index is 402. The van der Waals surface area contributed by atoms with Crippen LogP contribution in [0.3, 0.4) is 0 Å². The lowest BCUT2D eigenvalue weighted by atomic mass is 10.1. The number of hydrogen-bond donors (Lipinski definition) is 2. The van der Waals surface area contributed by atoms with E-state index in [4.69, 9.17) is 10.9 Å². The zero-order valence-corrected chi connectivity index (χ0v) is 10.5. The molecule has 5 heteroatoms. The van der Waals surface area contributed by atoms with Gasteiger partial charge in [0.1, 0.15) is 5.69 Å². The van der Waals surface area contributed by atoms with E-state index >= 15 is 0 Å². The molecule has 1 saturated carbocycles.